The van der Waals surface area contributed by atoms with E-state index >= 15 is 0 Å². The molecule has 0 radical (unpaired) electrons. The van der Waals surface area contributed by atoms with Crippen molar-refractivity contribution in [1.29, 1.82) is 0 Å². The number of cyclic esters (lactones) is 1. The third kappa shape index (κ3) is 7.59. The molecule has 1 amide bonds. The van der Waals surface area contributed by atoms with Crippen molar-refractivity contribution in [2.24, 2.45) is 5.92 Å². The summed E-state index contributed by atoms with van der Waals surface area (Å²) in [7, 11) is 0. The van der Waals surface area contributed by atoms with Gasteiger partial charge in [-0.05, 0) is 62.4 Å². The Morgan fingerprint density at radius 1 is 0.973 bits per heavy atom. The lowest BCUT2D eigenvalue weighted by Crippen LogP contribution is -2.46. The number of carbonyl (C=O) groups excluding carboxylic acids is 2. The Morgan fingerprint density at radius 2 is 1.65 bits per heavy atom. The van der Waals surface area contributed by atoms with E-state index in [1.165, 1.54) is 0 Å². The highest BCUT2D eigenvalue weighted by molar-refractivity contribution is 5.76. The third-order valence-corrected chi connectivity index (χ3v) is 6.33. The molecule has 3 aromatic rings. The second kappa shape index (κ2) is 12.0. The zero-order valence-electron chi connectivity index (χ0n) is 21.7. The smallest absolute Gasteiger partial charge is 0.407 e. The summed E-state index contributed by atoms with van der Waals surface area (Å²) in [4.78, 5) is 25.8. The van der Waals surface area contributed by atoms with Crippen molar-refractivity contribution in [3.63, 3.8) is 0 Å². The number of ether oxygens (including phenoxy) is 3. The predicted molar refractivity (Wildman–Crippen MR) is 142 cm³/mol. The summed E-state index contributed by atoms with van der Waals surface area (Å²) in [5, 5.41) is 3.09. The molecule has 6 heteroatoms. The summed E-state index contributed by atoms with van der Waals surface area (Å²) in [5.74, 6) is -0.269. The van der Waals surface area contributed by atoms with Gasteiger partial charge < -0.3 is 19.5 Å². The van der Waals surface area contributed by atoms with Gasteiger partial charge in [-0.1, -0.05) is 72.8 Å². The number of esters is 1. The molecule has 0 aromatic heterocycles. The maximum absolute atomic E-state index is 12.9. The fourth-order valence-electron chi connectivity index (χ4n) is 4.73. The van der Waals surface area contributed by atoms with E-state index in [4.69, 9.17) is 14.2 Å². The van der Waals surface area contributed by atoms with Crippen LogP contribution in [0, 0.1) is 5.92 Å². The molecule has 1 N–H and O–H groups in total. The van der Waals surface area contributed by atoms with E-state index in [1.54, 1.807) is 0 Å². The number of nitrogens with one attached hydrogen (secondary N) is 1. The lowest BCUT2D eigenvalue weighted by atomic mass is 9.77. The van der Waals surface area contributed by atoms with Gasteiger partial charge in [-0.3, -0.25) is 4.79 Å². The molecule has 1 aliphatic rings. The van der Waals surface area contributed by atoms with Crippen LogP contribution in [-0.2, 0) is 27.3 Å². The van der Waals surface area contributed by atoms with Crippen LogP contribution in [0.4, 0.5) is 4.79 Å². The molecule has 37 heavy (non-hydrogen) atoms. The maximum Gasteiger partial charge on any atom is 0.407 e. The number of benzene rings is 3. The van der Waals surface area contributed by atoms with Gasteiger partial charge in [0.2, 0.25) is 0 Å². The summed E-state index contributed by atoms with van der Waals surface area (Å²) < 4.78 is 17.1. The number of rotatable bonds is 9. The molecule has 0 spiro atoms. The van der Waals surface area contributed by atoms with E-state index in [0.29, 0.717) is 31.8 Å². The first-order chi connectivity index (χ1) is 17.8. The van der Waals surface area contributed by atoms with Gasteiger partial charge in [0.15, 0.2) is 0 Å². The average molecular weight is 502 g/mol. The van der Waals surface area contributed by atoms with Gasteiger partial charge in [0, 0.05) is 12.0 Å². The van der Waals surface area contributed by atoms with Gasteiger partial charge in [-0.2, -0.15) is 0 Å². The highest BCUT2D eigenvalue weighted by atomic mass is 16.6. The predicted octanol–water partition coefficient (Wildman–Crippen LogP) is 6.05. The summed E-state index contributed by atoms with van der Waals surface area (Å²) >= 11 is 0. The van der Waals surface area contributed by atoms with Crippen molar-refractivity contribution in [2.45, 2.75) is 57.8 Å². The minimum atomic E-state index is -0.644. The van der Waals surface area contributed by atoms with Gasteiger partial charge in [0.05, 0.1) is 12.5 Å². The van der Waals surface area contributed by atoms with E-state index in [0.717, 1.165) is 16.7 Å². The molecule has 0 bridgehead atoms. The fraction of sp³-hybridized carbons (Fsp3) is 0.355. The number of hydrogen-bond acceptors (Lipinski definition) is 5. The van der Waals surface area contributed by atoms with Crippen LogP contribution in [0.15, 0.2) is 84.9 Å². The largest absolute Gasteiger partial charge is 0.489 e. The van der Waals surface area contributed by atoms with Crippen LogP contribution in [0.1, 0.15) is 49.8 Å². The zero-order chi connectivity index (χ0) is 26.3. The molecule has 0 aliphatic carbocycles. The van der Waals surface area contributed by atoms with Crippen LogP contribution in [0.25, 0.3) is 0 Å². The first kappa shape index (κ1) is 26.3. The number of carbonyl (C=O) groups is 2. The van der Waals surface area contributed by atoms with Crippen molar-refractivity contribution in [2.75, 3.05) is 6.61 Å². The molecule has 6 nitrogen and oxygen atoms in total. The van der Waals surface area contributed by atoms with Crippen LogP contribution in [-0.4, -0.2) is 30.3 Å². The molecular formula is C31H35NO5. The van der Waals surface area contributed by atoms with E-state index < -0.39 is 23.7 Å². The Bertz CT molecular complexity index is 1170. The van der Waals surface area contributed by atoms with Crippen LogP contribution in [0.2, 0.25) is 0 Å². The third-order valence-electron chi connectivity index (χ3n) is 6.33. The van der Waals surface area contributed by atoms with Gasteiger partial charge in [-0.15, -0.1) is 0 Å². The molecular weight excluding hydrogens is 466 g/mol. The fourth-order valence-corrected chi connectivity index (χ4v) is 4.73. The zero-order valence-corrected chi connectivity index (χ0v) is 21.7. The van der Waals surface area contributed by atoms with Crippen molar-refractivity contribution in [3.05, 3.63) is 102 Å². The van der Waals surface area contributed by atoms with E-state index in [9.17, 15) is 9.59 Å². The summed E-state index contributed by atoms with van der Waals surface area (Å²) in [6, 6.07) is 27.3. The van der Waals surface area contributed by atoms with Crippen LogP contribution in [0.3, 0.4) is 0 Å². The Hall–Kier alpha value is -3.80. The monoisotopic (exact) mass is 501 g/mol. The molecule has 4 rings (SSSR count). The molecule has 194 valence electrons. The lowest BCUT2D eigenvalue weighted by molar-refractivity contribution is -0.142. The SMILES string of the molecule is CC(C)(C)OC(=O)N[C@@H](Cc1ccccc1)C(c1cccc(OCc2ccccc2)c1)[C@H]1CCOC1=O. The van der Waals surface area contributed by atoms with Gasteiger partial charge >= 0.3 is 12.1 Å². The van der Waals surface area contributed by atoms with E-state index in [1.807, 2.05) is 106 Å². The summed E-state index contributed by atoms with van der Waals surface area (Å²) in [6.07, 6.45) is 0.602. The molecule has 0 saturated carbocycles. The number of hydrogen-bond donors (Lipinski definition) is 1. The van der Waals surface area contributed by atoms with Gasteiger partial charge in [0.1, 0.15) is 18.0 Å². The molecule has 3 atom stereocenters. The maximum atomic E-state index is 12.9. The Kier molecular flexibility index (Phi) is 8.49. The molecule has 1 unspecified atom stereocenters. The van der Waals surface area contributed by atoms with Gasteiger partial charge in [0.25, 0.3) is 0 Å². The summed E-state index contributed by atoms with van der Waals surface area (Å²) in [6.45, 7) is 6.30. The molecule has 1 fully saturated rings. The first-order valence-electron chi connectivity index (χ1n) is 12.8. The molecule has 1 aliphatic heterocycles. The minimum Gasteiger partial charge on any atom is -0.489 e. The van der Waals surface area contributed by atoms with Crippen LogP contribution >= 0.6 is 0 Å². The molecule has 1 saturated heterocycles. The second-order valence-corrected chi connectivity index (χ2v) is 10.4. The van der Waals surface area contributed by atoms with Crippen molar-refractivity contribution >= 4 is 12.1 Å². The van der Waals surface area contributed by atoms with E-state index in [2.05, 4.69) is 5.32 Å². The normalized spacial score (nSPS) is 16.9. The Morgan fingerprint density at radius 3 is 2.27 bits per heavy atom. The quantitative estimate of drug-likeness (QED) is 0.362. The highest BCUT2D eigenvalue weighted by Gasteiger charge is 2.41. The van der Waals surface area contributed by atoms with E-state index in [-0.39, 0.29) is 11.9 Å². The Labute approximate surface area is 218 Å². The van der Waals surface area contributed by atoms with Crippen molar-refractivity contribution < 1.29 is 23.8 Å². The first-order valence-corrected chi connectivity index (χ1v) is 12.8. The molecule has 3 aromatic carbocycles. The second-order valence-electron chi connectivity index (χ2n) is 10.4. The van der Waals surface area contributed by atoms with Crippen LogP contribution < -0.4 is 10.1 Å². The Balaban J connectivity index is 1.66. The van der Waals surface area contributed by atoms with Crippen molar-refractivity contribution in [1.82, 2.24) is 5.32 Å². The average Bonchev–Trinajstić information content (AvgIpc) is 3.28. The standard InChI is InChI=1S/C31H35NO5/c1-31(2,3)37-30(34)32-27(19-22-11-6-4-7-12-22)28(26-17-18-35-29(26)33)24-15-10-16-25(20-24)36-21-23-13-8-5-9-14-23/h4-16,20,26-28H,17-19,21H2,1-3H3,(H,32,34)/t26-,27+,28?/m1/s1. The number of alkyl carbamates (subject to hydrolysis) is 1. The highest BCUT2D eigenvalue weighted by Crippen LogP contribution is 2.37. The topological polar surface area (TPSA) is 73.9 Å². The van der Waals surface area contributed by atoms with Crippen molar-refractivity contribution in [3.8, 4) is 5.75 Å². The number of amides is 1. The molecule has 1 heterocycles. The van der Waals surface area contributed by atoms with Gasteiger partial charge in [-0.25, -0.2) is 4.79 Å². The summed E-state index contributed by atoms with van der Waals surface area (Å²) in [5.41, 5.74) is 2.38. The lowest BCUT2D eigenvalue weighted by Gasteiger charge is -2.32. The van der Waals surface area contributed by atoms with Crippen LogP contribution in [0.5, 0.6) is 5.75 Å². The minimum absolute atomic E-state index is 0.246.